The monoisotopic (exact) mass is 271 g/mol. The van der Waals surface area contributed by atoms with Crippen molar-refractivity contribution in [2.45, 2.75) is 45.1 Å². The van der Waals surface area contributed by atoms with Crippen LogP contribution in [0.1, 0.15) is 51.1 Å². The zero-order chi connectivity index (χ0) is 14.2. The summed E-state index contributed by atoms with van der Waals surface area (Å²) in [5.41, 5.74) is 2.53. The van der Waals surface area contributed by atoms with Gasteiger partial charge in [0.05, 0.1) is 5.69 Å². The van der Waals surface area contributed by atoms with Crippen LogP contribution in [0.15, 0.2) is 30.6 Å². The molecule has 2 aromatic rings. The number of nitrogens with zero attached hydrogens (tertiary/aromatic N) is 3. The molecule has 4 nitrogen and oxygen atoms in total. The number of ether oxygens (including phenoxy) is 1. The van der Waals surface area contributed by atoms with Gasteiger partial charge in [0.2, 0.25) is 0 Å². The molecule has 0 N–H and O–H groups in total. The zero-order valence-electron chi connectivity index (χ0n) is 12.3. The largest absolute Gasteiger partial charge is 0.370 e. The smallest absolute Gasteiger partial charge is 0.161 e. The molecule has 2 heterocycles. The van der Waals surface area contributed by atoms with Crippen molar-refractivity contribution in [2.24, 2.45) is 0 Å². The molecule has 106 valence electrons. The first-order valence-electron chi connectivity index (χ1n) is 7.18. The summed E-state index contributed by atoms with van der Waals surface area (Å²) >= 11 is 0. The van der Waals surface area contributed by atoms with Crippen molar-refractivity contribution in [3.8, 4) is 5.69 Å². The van der Waals surface area contributed by atoms with Gasteiger partial charge in [-0.3, -0.25) is 0 Å². The van der Waals surface area contributed by atoms with Gasteiger partial charge in [0.1, 0.15) is 12.4 Å². The molecule has 4 heteroatoms. The van der Waals surface area contributed by atoms with Gasteiger partial charge in [0.15, 0.2) is 5.82 Å². The van der Waals surface area contributed by atoms with Crippen LogP contribution in [0.3, 0.4) is 0 Å². The standard InChI is InChI=1S/C16H21N3O/c1-16(2,3)12-6-8-13(9-7-12)19-15(17-11-18-19)14-5-4-10-20-14/h6-9,11,14H,4-5,10H2,1-3H3/t14-/m1/s1. The molecule has 1 saturated heterocycles. The van der Waals surface area contributed by atoms with Crippen molar-refractivity contribution in [3.05, 3.63) is 42.0 Å². The molecular formula is C16H21N3O. The van der Waals surface area contributed by atoms with Crippen molar-refractivity contribution in [1.29, 1.82) is 0 Å². The van der Waals surface area contributed by atoms with E-state index in [2.05, 4.69) is 55.1 Å². The van der Waals surface area contributed by atoms with Crippen LogP contribution in [0.5, 0.6) is 0 Å². The second-order valence-corrected chi connectivity index (χ2v) is 6.33. The third kappa shape index (κ3) is 2.48. The summed E-state index contributed by atoms with van der Waals surface area (Å²) in [4.78, 5) is 4.37. The molecule has 0 spiro atoms. The van der Waals surface area contributed by atoms with Crippen molar-refractivity contribution >= 4 is 0 Å². The van der Waals surface area contributed by atoms with Gasteiger partial charge in [-0.15, -0.1) is 0 Å². The van der Waals surface area contributed by atoms with Gasteiger partial charge < -0.3 is 4.74 Å². The number of benzene rings is 1. The van der Waals surface area contributed by atoms with E-state index in [0.29, 0.717) is 0 Å². The normalized spacial score (nSPS) is 19.4. The molecule has 1 fully saturated rings. The Labute approximate surface area is 119 Å². The predicted molar refractivity (Wildman–Crippen MR) is 78.0 cm³/mol. The molecule has 1 aliphatic heterocycles. The number of hydrogen-bond acceptors (Lipinski definition) is 3. The van der Waals surface area contributed by atoms with Crippen LogP contribution in [0, 0.1) is 0 Å². The minimum Gasteiger partial charge on any atom is -0.370 e. The highest BCUT2D eigenvalue weighted by molar-refractivity contribution is 5.37. The first-order valence-corrected chi connectivity index (χ1v) is 7.18. The topological polar surface area (TPSA) is 39.9 Å². The van der Waals surface area contributed by atoms with Gasteiger partial charge in [0.25, 0.3) is 0 Å². The third-order valence-electron chi connectivity index (χ3n) is 3.77. The van der Waals surface area contributed by atoms with E-state index in [1.165, 1.54) is 5.56 Å². The lowest BCUT2D eigenvalue weighted by atomic mass is 9.87. The van der Waals surface area contributed by atoms with Gasteiger partial charge in [-0.2, -0.15) is 5.10 Å². The average molecular weight is 271 g/mol. The molecule has 3 rings (SSSR count). The summed E-state index contributed by atoms with van der Waals surface area (Å²) in [5.74, 6) is 0.908. The summed E-state index contributed by atoms with van der Waals surface area (Å²) in [5, 5.41) is 4.35. The maximum Gasteiger partial charge on any atom is 0.161 e. The molecule has 0 unspecified atom stereocenters. The van der Waals surface area contributed by atoms with E-state index >= 15 is 0 Å². The van der Waals surface area contributed by atoms with Crippen LogP contribution in [-0.4, -0.2) is 21.4 Å². The van der Waals surface area contributed by atoms with Gasteiger partial charge in [-0.1, -0.05) is 32.9 Å². The SMILES string of the molecule is CC(C)(C)c1ccc(-n2ncnc2[C@H]2CCCO2)cc1. The maximum absolute atomic E-state index is 5.71. The Balaban J connectivity index is 1.92. The molecule has 0 saturated carbocycles. The Hall–Kier alpha value is -1.68. The Kier molecular flexibility index (Phi) is 3.34. The molecule has 1 aromatic carbocycles. The lowest BCUT2D eigenvalue weighted by molar-refractivity contribution is 0.103. The highest BCUT2D eigenvalue weighted by atomic mass is 16.5. The van der Waals surface area contributed by atoms with Crippen LogP contribution in [0.25, 0.3) is 5.69 Å². The van der Waals surface area contributed by atoms with Gasteiger partial charge >= 0.3 is 0 Å². The maximum atomic E-state index is 5.71. The molecule has 0 aliphatic carbocycles. The lowest BCUT2D eigenvalue weighted by Gasteiger charge is -2.19. The Morgan fingerprint density at radius 3 is 2.55 bits per heavy atom. The Bertz CT molecular complexity index is 575. The second-order valence-electron chi connectivity index (χ2n) is 6.33. The lowest BCUT2D eigenvalue weighted by Crippen LogP contribution is -2.12. The fraction of sp³-hybridized carbons (Fsp3) is 0.500. The third-order valence-corrected chi connectivity index (χ3v) is 3.77. The van der Waals surface area contributed by atoms with Crippen LogP contribution in [0.2, 0.25) is 0 Å². The molecular weight excluding hydrogens is 250 g/mol. The van der Waals surface area contributed by atoms with Crippen LogP contribution in [0.4, 0.5) is 0 Å². The summed E-state index contributed by atoms with van der Waals surface area (Å²) < 4.78 is 7.61. The van der Waals surface area contributed by atoms with Gasteiger partial charge in [-0.25, -0.2) is 9.67 Å². The quantitative estimate of drug-likeness (QED) is 0.840. The fourth-order valence-electron chi connectivity index (χ4n) is 2.55. The van der Waals surface area contributed by atoms with E-state index in [4.69, 9.17) is 4.74 Å². The molecule has 0 radical (unpaired) electrons. The van der Waals surface area contributed by atoms with E-state index in [1.54, 1.807) is 6.33 Å². The summed E-state index contributed by atoms with van der Waals surface area (Å²) in [7, 11) is 0. The highest BCUT2D eigenvalue weighted by Gasteiger charge is 2.23. The molecule has 1 atom stereocenters. The summed E-state index contributed by atoms with van der Waals surface area (Å²) in [6, 6.07) is 8.54. The minimum atomic E-state index is 0.0831. The predicted octanol–water partition coefficient (Wildman–Crippen LogP) is 3.42. The average Bonchev–Trinajstić information content (AvgIpc) is 3.08. The second kappa shape index (κ2) is 5.02. The van der Waals surface area contributed by atoms with E-state index < -0.39 is 0 Å². The van der Waals surface area contributed by atoms with Crippen molar-refractivity contribution in [3.63, 3.8) is 0 Å². The van der Waals surface area contributed by atoms with E-state index in [-0.39, 0.29) is 11.5 Å². The van der Waals surface area contributed by atoms with Crippen molar-refractivity contribution in [1.82, 2.24) is 14.8 Å². The summed E-state index contributed by atoms with van der Waals surface area (Å²) in [6.07, 6.45) is 3.81. The van der Waals surface area contributed by atoms with Gasteiger partial charge in [-0.05, 0) is 36.0 Å². The van der Waals surface area contributed by atoms with E-state index in [9.17, 15) is 0 Å². The van der Waals surface area contributed by atoms with Gasteiger partial charge in [0, 0.05) is 6.61 Å². The first-order chi connectivity index (χ1) is 9.55. The first kappa shape index (κ1) is 13.3. The molecule has 0 amide bonds. The summed E-state index contributed by atoms with van der Waals surface area (Å²) in [6.45, 7) is 7.47. The van der Waals surface area contributed by atoms with Crippen LogP contribution < -0.4 is 0 Å². The van der Waals surface area contributed by atoms with Crippen LogP contribution in [-0.2, 0) is 10.2 Å². The molecule has 1 aromatic heterocycles. The van der Waals surface area contributed by atoms with Crippen LogP contribution >= 0.6 is 0 Å². The molecule has 1 aliphatic rings. The van der Waals surface area contributed by atoms with E-state index in [1.807, 2.05) is 4.68 Å². The van der Waals surface area contributed by atoms with E-state index in [0.717, 1.165) is 31.0 Å². The number of rotatable bonds is 2. The molecule has 0 bridgehead atoms. The minimum absolute atomic E-state index is 0.0831. The Morgan fingerprint density at radius 2 is 1.95 bits per heavy atom. The molecule has 20 heavy (non-hydrogen) atoms. The number of hydrogen-bond donors (Lipinski definition) is 0. The Morgan fingerprint density at radius 1 is 1.20 bits per heavy atom. The highest BCUT2D eigenvalue weighted by Crippen LogP contribution is 2.29. The van der Waals surface area contributed by atoms with Crippen molar-refractivity contribution in [2.75, 3.05) is 6.61 Å². The van der Waals surface area contributed by atoms with Crippen molar-refractivity contribution < 1.29 is 4.74 Å². The number of aromatic nitrogens is 3. The fourth-order valence-corrected chi connectivity index (χ4v) is 2.55. The zero-order valence-corrected chi connectivity index (χ0v) is 12.3.